The van der Waals surface area contributed by atoms with Gasteiger partial charge in [-0.3, -0.25) is 9.69 Å². The number of aryl methyl sites for hydroxylation is 1. The SMILES string of the molecule is CC(C)CN1CCOc2ccccc2CCCCC2(CCN(C(=O)c3ccccc3)CC2)C1. The van der Waals surface area contributed by atoms with Gasteiger partial charge in [-0.2, -0.15) is 0 Å². The Balaban J connectivity index is 1.46. The molecule has 0 bridgehead atoms. The van der Waals surface area contributed by atoms with Crippen LogP contribution in [0.5, 0.6) is 5.75 Å². The number of carbonyl (C=O) groups is 1. The summed E-state index contributed by atoms with van der Waals surface area (Å²) in [6.45, 7) is 10.2. The summed E-state index contributed by atoms with van der Waals surface area (Å²) in [5.41, 5.74) is 2.44. The highest BCUT2D eigenvalue weighted by atomic mass is 16.5. The molecule has 33 heavy (non-hydrogen) atoms. The molecule has 4 heteroatoms. The van der Waals surface area contributed by atoms with Crippen molar-refractivity contribution in [3.63, 3.8) is 0 Å². The van der Waals surface area contributed by atoms with Gasteiger partial charge in [-0.25, -0.2) is 0 Å². The second-order valence-electron chi connectivity index (χ2n) is 10.5. The highest BCUT2D eigenvalue weighted by Gasteiger charge is 2.37. The van der Waals surface area contributed by atoms with E-state index in [0.717, 1.165) is 69.9 Å². The molecule has 1 amide bonds. The Morgan fingerprint density at radius 3 is 2.42 bits per heavy atom. The van der Waals surface area contributed by atoms with Crippen LogP contribution in [0.2, 0.25) is 0 Å². The van der Waals surface area contributed by atoms with E-state index in [-0.39, 0.29) is 5.91 Å². The topological polar surface area (TPSA) is 32.8 Å². The van der Waals surface area contributed by atoms with E-state index in [4.69, 9.17) is 4.74 Å². The maximum atomic E-state index is 13.0. The Kier molecular flexibility index (Phi) is 8.08. The number of hydrogen-bond acceptors (Lipinski definition) is 3. The van der Waals surface area contributed by atoms with Crippen molar-refractivity contribution in [3.8, 4) is 5.75 Å². The summed E-state index contributed by atoms with van der Waals surface area (Å²) in [7, 11) is 0. The summed E-state index contributed by atoms with van der Waals surface area (Å²) in [5, 5.41) is 0. The molecule has 0 aromatic heterocycles. The zero-order chi connectivity index (χ0) is 23.1. The lowest BCUT2D eigenvalue weighted by atomic mass is 9.73. The Bertz CT molecular complexity index is 888. The van der Waals surface area contributed by atoms with Gasteiger partial charge in [0.05, 0.1) is 0 Å². The van der Waals surface area contributed by atoms with Gasteiger partial charge in [-0.05, 0) is 67.2 Å². The molecule has 1 spiro atoms. The molecule has 0 saturated carbocycles. The third-order valence-electron chi connectivity index (χ3n) is 7.36. The first-order chi connectivity index (χ1) is 16.0. The van der Waals surface area contributed by atoms with Crippen molar-refractivity contribution in [2.24, 2.45) is 11.3 Å². The quantitative estimate of drug-likeness (QED) is 0.606. The van der Waals surface area contributed by atoms with E-state index in [1.807, 2.05) is 30.3 Å². The monoisotopic (exact) mass is 448 g/mol. The summed E-state index contributed by atoms with van der Waals surface area (Å²) in [6, 6.07) is 18.3. The third-order valence-corrected chi connectivity index (χ3v) is 7.36. The van der Waals surface area contributed by atoms with Crippen molar-refractivity contribution in [1.82, 2.24) is 9.80 Å². The van der Waals surface area contributed by atoms with Crippen molar-refractivity contribution in [2.45, 2.75) is 52.4 Å². The Morgan fingerprint density at radius 1 is 0.939 bits per heavy atom. The third kappa shape index (κ3) is 6.38. The summed E-state index contributed by atoms with van der Waals surface area (Å²) < 4.78 is 6.25. The molecule has 0 atom stereocenters. The van der Waals surface area contributed by atoms with E-state index in [9.17, 15) is 4.79 Å². The molecule has 2 aromatic carbocycles. The van der Waals surface area contributed by atoms with Gasteiger partial charge >= 0.3 is 0 Å². The maximum Gasteiger partial charge on any atom is 0.253 e. The molecule has 2 heterocycles. The first kappa shape index (κ1) is 23.8. The van der Waals surface area contributed by atoms with Crippen LogP contribution < -0.4 is 4.74 Å². The number of benzene rings is 2. The van der Waals surface area contributed by atoms with Crippen LogP contribution in [0.15, 0.2) is 54.6 Å². The molecule has 0 radical (unpaired) electrons. The summed E-state index contributed by atoms with van der Waals surface area (Å²) in [4.78, 5) is 17.7. The van der Waals surface area contributed by atoms with Crippen molar-refractivity contribution in [3.05, 3.63) is 65.7 Å². The molecular formula is C29H40N2O2. The van der Waals surface area contributed by atoms with Gasteiger partial charge in [0.1, 0.15) is 12.4 Å². The zero-order valence-electron chi connectivity index (χ0n) is 20.5. The van der Waals surface area contributed by atoms with Gasteiger partial charge in [0, 0.05) is 38.3 Å². The molecule has 0 N–H and O–H groups in total. The molecular weight excluding hydrogens is 408 g/mol. The lowest BCUT2D eigenvalue weighted by Gasteiger charge is -2.45. The molecule has 0 aliphatic carbocycles. The van der Waals surface area contributed by atoms with Crippen LogP contribution >= 0.6 is 0 Å². The number of ether oxygens (including phenoxy) is 1. The first-order valence-corrected chi connectivity index (χ1v) is 12.8. The molecule has 2 aromatic rings. The molecule has 2 aliphatic heterocycles. The van der Waals surface area contributed by atoms with Crippen LogP contribution in [0.4, 0.5) is 0 Å². The predicted octanol–water partition coefficient (Wildman–Crippen LogP) is 5.67. The molecule has 4 nitrogen and oxygen atoms in total. The van der Waals surface area contributed by atoms with Crippen molar-refractivity contribution in [1.29, 1.82) is 0 Å². The fourth-order valence-corrected chi connectivity index (χ4v) is 5.61. The van der Waals surface area contributed by atoms with E-state index in [2.05, 4.69) is 47.9 Å². The zero-order valence-corrected chi connectivity index (χ0v) is 20.5. The highest BCUT2D eigenvalue weighted by molar-refractivity contribution is 5.94. The minimum atomic E-state index is 0.183. The largest absolute Gasteiger partial charge is 0.492 e. The van der Waals surface area contributed by atoms with Gasteiger partial charge in [-0.1, -0.05) is 56.7 Å². The summed E-state index contributed by atoms with van der Waals surface area (Å²) in [5.74, 6) is 1.87. The number of hydrogen-bond donors (Lipinski definition) is 0. The minimum Gasteiger partial charge on any atom is -0.492 e. The second kappa shape index (κ2) is 11.2. The first-order valence-electron chi connectivity index (χ1n) is 12.8. The Labute approximate surface area is 199 Å². The van der Waals surface area contributed by atoms with E-state index in [0.29, 0.717) is 11.3 Å². The standard InChI is InChI=1S/C29H40N2O2/c1-24(2)22-30-20-21-33-27-14-7-6-10-25(27)11-8-9-15-29(23-30)16-18-31(19-17-29)28(32)26-12-4-3-5-13-26/h3-7,10,12-14,24H,8-9,11,15-23H2,1-2H3. The number of fused-ring (bicyclic) bond motifs is 1. The predicted molar refractivity (Wildman–Crippen MR) is 135 cm³/mol. The Morgan fingerprint density at radius 2 is 1.67 bits per heavy atom. The summed E-state index contributed by atoms with van der Waals surface area (Å²) in [6.07, 6.45) is 6.95. The molecule has 2 aliphatic rings. The van der Waals surface area contributed by atoms with Crippen LogP contribution in [0, 0.1) is 11.3 Å². The number of likely N-dealkylation sites (tertiary alicyclic amines) is 1. The van der Waals surface area contributed by atoms with E-state index in [1.54, 1.807) is 0 Å². The van der Waals surface area contributed by atoms with E-state index >= 15 is 0 Å². The van der Waals surface area contributed by atoms with Gasteiger partial charge in [-0.15, -0.1) is 0 Å². The Hall–Kier alpha value is -2.33. The normalized spacial score (nSPS) is 19.9. The van der Waals surface area contributed by atoms with Crippen LogP contribution in [-0.2, 0) is 6.42 Å². The second-order valence-corrected chi connectivity index (χ2v) is 10.5. The fourth-order valence-electron chi connectivity index (χ4n) is 5.61. The number of rotatable bonds is 3. The number of para-hydroxylation sites is 1. The molecule has 178 valence electrons. The van der Waals surface area contributed by atoms with Gasteiger partial charge in [0.15, 0.2) is 0 Å². The number of carbonyl (C=O) groups excluding carboxylic acids is 1. The molecule has 1 fully saturated rings. The minimum absolute atomic E-state index is 0.183. The van der Waals surface area contributed by atoms with E-state index in [1.165, 1.54) is 24.8 Å². The maximum absolute atomic E-state index is 13.0. The van der Waals surface area contributed by atoms with Crippen LogP contribution in [0.1, 0.15) is 61.9 Å². The van der Waals surface area contributed by atoms with Crippen LogP contribution in [-0.4, -0.2) is 55.0 Å². The van der Waals surface area contributed by atoms with Crippen LogP contribution in [0.25, 0.3) is 0 Å². The van der Waals surface area contributed by atoms with Crippen molar-refractivity contribution < 1.29 is 9.53 Å². The average Bonchev–Trinajstić information content (AvgIpc) is 2.82. The smallest absolute Gasteiger partial charge is 0.253 e. The lowest BCUT2D eigenvalue weighted by molar-refractivity contribution is 0.0355. The highest BCUT2D eigenvalue weighted by Crippen LogP contribution is 2.39. The van der Waals surface area contributed by atoms with Crippen LogP contribution in [0.3, 0.4) is 0 Å². The average molecular weight is 449 g/mol. The number of piperidine rings is 1. The number of nitrogens with zero attached hydrogens (tertiary/aromatic N) is 2. The number of amides is 1. The lowest BCUT2D eigenvalue weighted by Crippen LogP contribution is -2.49. The van der Waals surface area contributed by atoms with Gasteiger partial charge in [0.25, 0.3) is 5.91 Å². The van der Waals surface area contributed by atoms with Gasteiger partial charge in [0.2, 0.25) is 0 Å². The fraction of sp³-hybridized carbons (Fsp3) is 0.552. The molecule has 1 saturated heterocycles. The van der Waals surface area contributed by atoms with Crippen molar-refractivity contribution >= 4 is 5.91 Å². The summed E-state index contributed by atoms with van der Waals surface area (Å²) >= 11 is 0. The van der Waals surface area contributed by atoms with Crippen molar-refractivity contribution in [2.75, 3.05) is 39.3 Å². The van der Waals surface area contributed by atoms with Gasteiger partial charge < -0.3 is 9.64 Å². The van der Waals surface area contributed by atoms with E-state index < -0.39 is 0 Å². The molecule has 4 rings (SSSR count). The molecule has 0 unspecified atom stereocenters.